The first-order chi connectivity index (χ1) is 6.06. The lowest BCUT2D eigenvalue weighted by molar-refractivity contribution is -0.127. The number of hydrogen-bond acceptors (Lipinski definition) is 3. The Morgan fingerprint density at radius 1 is 1.62 bits per heavy atom. The molecular weight excluding hydrogens is 170 g/mol. The van der Waals surface area contributed by atoms with Gasteiger partial charge in [0.2, 0.25) is 6.04 Å². The lowest BCUT2D eigenvalue weighted by Crippen LogP contribution is -2.38. The van der Waals surface area contributed by atoms with E-state index in [2.05, 4.69) is 9.98 Å². The van der Waals surface area contributed by atoms with E-state index in [0.717, 1.165) is 0 Å². The van der Waals surface area contributed by atoms with Crippen LogP contribution in [0.3, 0.4) is 0 Å². The number of nitrogens with zero attached hydrogens (tertiary/aromatic N) is 2. The highest BCUT2D eigenvalue weighted by atomic mass is 16.2. The van der Waals surface area contributed by atoms with Crippen molar-refractivity contribution in [1.82, 2.24) is 0 Å². The minimum absolute atomic E-state index is 0.567. The molecule has 0 aromatic rings. The van der Waals surface area contributed by atoms with Crippen LogP contribution >= 0.6 is 0 Å². The van der Waals surface area contributed by atoms with Gasteiger partial charge < -0.3 is 5.73 Å². The van der Waals surface area contributed by atoms with Crippen LogP contribution in [0.5, 0.6) is 0 Å². The molecule has 70 valence electrons. The van der Waals surface area contributed by atoms with Crippen LogP contribution in [-0.2, 0) is 9.59 Å². The molecule has 0 fully saturated rings. The molecule has 2 amide bonds. The van der Waals surface area contributed by atoms with E-state index in [1.54, 1.807) is 6.92 Å². The highest BCUT2D eigenvalue weighted by Crippen LogP contribution is 2.05. The molecule has 13 heavy (non-hydrogen) atoms. The van der Waals surface area contributed by atoms with Crippen molar-refractivity contribution >= 4 is 23.2 Å². The molecule has 0 saturated carbocycles. The van der Waals surface area contributed by atoms with Gasteiger partial charge in [0.25, 0.3) is 11.8 Å². The molecule has 0 aromatic carbocycles. The van der Waals surface area contributed by atoms with Crippen molar-refractivity contribution in [2.24, 2.45) is 15.7 Å². The topological polar surface area (TPSA) is 84.9 Å². The molecule has 0 saturated heterocycles. The maximum absolute atomic E-state index is 11.1. The third-order valence-corrected chi connectivity index (χ3v) is 1.82. The predicted octanol–water partition coefficient (Wildman–Crippen LogP) is -0.308. The summed E-state index contributed by atoms with van der Waals surface area (Å²) in [6, 6.07) is -1.11. The number of nitrogens with two attached hydrogens (primary N) is 1. The molecule has 1 rings (SSSR count). The average Bonchev–Trinajstić information content (AvgIpc) is 2.03. The number of carbonyl (C=O) groups is 2. The van der Waals surface area contributed by atoms with Gasteiger partial charge in [-0.25, -0.2) is 4.99 Å². The van der Waals surface area contributed by atoms with E-state index in [1.165, 1.54) is 0 Å². The number of amides is 2. The number of primary amides is 1. The Morgan fingerprint density at radius 3 is 2.69 bits per heavy atom. The van der Waals surface area contributed by atoms with E-state index in [1.807, 2.05) is 6.92 Å². The summed E-state index contributed by atoms with van der Waals surface area (Å²) < 4.78 is 0. The second-order valence-electron chi connectivity index (χ2n) is 2.77. The first kappa shape index (κ1) is 9.57. The van der Waals surface area contributed by atoms with E-state index in [4.69, 9.17) is 5.73 Å². The van der Waals surface area contributed by atoms with Gasteiger partial charge in [-0.2, -0.15) is 0 Å². The molecule has 0 bridgehead atoms. The molecule has 2 N–H and O–H groups in total. The van der Waals surface area contributed by atoms with Gasteiger partial charge in [0, 0.05) is 0 Å². The minimum Gasteiger partial charge on any atom is -0.367 e. The van der Waals surface area contributed by atoms with Crippen molar-refractivity contribution in [3.63, 3.8) is 0 Å². The van der Waals surface area contributed by atoms with Crippen molar-refractivity contribution in [1.29, 1.82) is 0 Å². The summed E-state index contributed by atoms with van der Waals surface area (Å²) >= 11 is 0. The number of hydrogen-bond donors (Lipinski definition) is 1. The molecule has 1 unspecified atom stereocenters. The molecule has 1 heterocycles. The van der Waals surface area contributed by atoms with Gasteiger partial charge in [0.05, 0.1) is 11.4 Å². The average molecular weight is 181 g/mol. The lowest BCUT2D eigenvalue weighted by atomic mass is 10.1. The van der Waals surface area contributed by atoms with Crippen molar-refractivity contribution < 1.29 is 9.59 Å². The second-order valence-corrected chi connectivity index (χ2v) is 2.77. The van der Waals surface area contributed by atoms with Crippen LogP contribution in [0.4, 0.5) is 0 Å². The third kappa shape index (κ3) is 1.80. The third-order valence-electron chi connectivity index (χ3n) is 1.82. The summed E-state index contributed by atoms with van der Waals surface area (Å²) in [6.07, 6.45) is 0.645. The summed E-state index contributed by atoms with van der Waals surface area (Å²) in [7, 11) is 0. The maximum Gasteiger partial charge on any atom is 0.280 e. The first-order valence-corrected chi connectivity index (χ1v) is 4.01. The van der Waals surface area contributed by atoms with Gasteiger partial charge in [0.15, 0.2) is 0 Å². The number of aliphatic imine (C=N–C) groups is 2. The standard InChI is InChI=1S/C8H11N3O2/c1-3-5-4(2)10-8(13)6(11-5)7(9)12/h6H,3H2,1-2H3,(H2,9,12). The van der Waals surface area contributed by atoms with Crippen LogP contribution in [0, 0.1) is 0 Å². The Morgan fingerprint density at radius 2 is 2.23 bits per heavy atom. The molecule has 0 radical (unpaired) electrons. The van der Waals surface area contributed by atoms with Crippen LogP contribution < -0.4 is 5.73 Å². The number of carbonyl (C=O) groups excluding carboxylic acids is 2. The van der Waals surface area contributed by atoms with E-state index in [-0.39, 0.29) is 0 Å². The Balaban J connectivity index is 3.00. The van der Waals surface area contributed by atoms with Crippen molar-refractivity contribution in [2.45, 2.75) is 26.3 Å². The quantitative estimate of drug-likeness (QED) is 0.592. The fraction of sp³-hybridized carbons (Fsp3) is 0.500. The molecular formula is C8H11N3O2. The van der Waals surface area contributed by atoms with Gasteiger partial charge in [-0.3, -0.25) is 14.6 Å². The zero-order chi connectivity index (χ0) is 10.0. The van der Waals surface area contributed by atoms with Gasteiger partial charge >= 0.3 is 0 Å². The van der Waals surface area contributed by atoms with E-state index < -0.39 is 17.9 Å². The van der Waals surface area contributed by atoms with Crippen LogP contribution in [0.2, 0.25) is 0 Å². The molecule has 0 aromatic heterocycles. The summed E-state index contributed by atoms with van der Waals surface area (Å²) in [4.78, 5) is 29.5. The van der Waals surface area contributed by atoms with Gasteiger partial charge in [-0.1, -0.05) is 6.92 Å². The van der Waals surface area contributed by atoms with Crippen LogP contribution in [0.1, 0.15) is 20.3 Å². The lowest BCUT2D eigenvalue weighted by Gasteiger charge is -2.13. The largest absolute Gasteiger partial charge is 0.367 e. The summed E-state index contributed by atoms with van der Waals surface area (Å²) in [5.74, 6) is -1.31. The van der Waals surface area contributed by atoms with Crippen LogP contribution in [0.15, 0.2) is 9.98 Å². The molecule has 5 nitrogen and oxygen atoms in total. The molecule has 0 spiro atoms. The van der Waals surface area contributed by atoms with Crippen LogP contribution in [-0.4, -0.2) is 29.3 Å². The highest BCUT2D eigenvalue weighted by molar-refractivity contribution is 6.45. The van der Waals surface area contributed by atoms with E-state index >= 15 is 0 Å². The first-order valence-electron chi connectivity index (χ1n) is 4.01. The second kappa shape index (κ2) is 3.47. The fourth-order valence-corrected chi connectivity index (χ4v) is 1.13. The SMILES string of the molecule is CCC1=NC(C(N)=O)C(=O)N=C1C. The summed E-state index contributed by atoms with van der Waals surface area (Å²) in [5.41, 5.74) is 6.23. The smallest absolute Gasteiger partial charge is 0.280 e. The van der Waals surface area contributed by atoms with E-state index in [0.29, 0.717) is 17.8 Å². The Labute approximate surface area is 75.7 Å². The Kier molecular flexibility index (Phi) is 2.55. The van der Waals surface area contributed by atoms with Crippen molar-refractivity contribution in [3.8, 4) is 0 Å². The molecule has 0 aliphatic carbocycles. The molecule has 1 aliphatic heterocycles. The number of rotatable bonds is 2. The molecule has 1 atom stereocenters. The normalized spacial score (nSPS) is 22.3. The Hall–Kier alpha value is -1.52. The van der Waals surface area contributed by atoms with Crippen molar-refractivity contribution in [2.75, 3.05) is 0 Å². The van der Waals surface area contributed by atoms with Crippen LogP contribution in [0.25, 0.3) is 0 Å². The maximum atomic E-state index is 11.1. The zero-order valence-electron chi connectivity index (χ0n) is 7.57. The molecule has 1 aliphatic rings. The van der Waals surface area contributed by atoms with Gasteiger partial charge in [-0.05, 0) is 13.3 Å². The van der Waals surface area contributed by atoms with Crippen molar-refractivity contribution in [3.05, 3.63) is 0 Å². The fourth-order valence-electron chi connectivity index (χ4n) is 1.13. The predicted molar refractivity (Wildman–Crippen MR) is 48.8 cm³/mol. The molecule has 5 heteroatoms. The van der Waals surface area contributed by atoms with E-state index in [9.17, 15) is 9.59 Å². The summed E-state index contributed by atoms with van der Waals surface area (Å²) in [6.45, 7) is 3.57. The highest BCUT2D eigenvalue weighted by Gasteiger charge is 2.27. The summed E-state index contributed by atoms with van der Waals surface area (Å²) in [5, 5.41) is 0. The zero-order valence-corrected chi connectivity index (χ0v) is 7.57. The monoisotopic (exact) mass is 181 g/mol. The minimum atomic E-state index is -1.11. The van der Waals surface area contributed by atoms with Gasteiger partial charge in [-0.15, -0.1) is 0 Å². The van der Waals surface area contributed by atoms with Gasteiger partial charge in [0.1, 0.15) is 0 Å². The Bertz CT molecular complexity index is 317.